The smallest absolute Gasteiger partial charge is 0.158 e. The summed E-state index contributed by atoms with van der Waals surface area (Å²) in [7, 11) is 0. The van der Waals surface area contributed by atoms with Gasteiger partial charge in [0, 0.05) is 0 Å². The van der Waals surface area contributed by atoms with Crippen molar-refractivity contribution in [2.45, 2.75) is 12.0 Å². The molecule has 0 radical (unpaired) electrons. The van der Waals surface area contributed by atoms with Crippen LogP contribution < -0.4 is 0 Å². The van der Waals surface area contributed by atoms with E-state index in [1.807, 2.05) is 25.1 Å². The van der Waals surface area contributed by atoms with Gasteiger partial charge in [-0.25, -0.2) is 0 Å². The number of rotatable bonds is 2. The maximum absolute atomic E-state index is 5.25. The van der Waals surface area contributed by atoms with Crippen LogP contribution in [0.2, 0.25) is 0 Å². The van der Waals surface area contributed by atoms with E-state index in [9.17, 15) is 0 Å². The van der Waals surface area contributed by atoms with Gasteiger partial charge in [-0.15, -0.1) is 12.6 Å². The molecule has 0 amide bonds. The first-order chi connectivity index (χ1) is 5.24. The maximum atomic E-state index is 5.25. The third-order valence-corrected chi connectivity index (χ3v) is 1.55. The Balaban J connectivity index is 2.93. The average molecular weight is 166 g/mol. The Kier molecular flexibility index (Phi) is 2.60. The molecule has 1 aromatic heterocycles. The lowest BCUT2D eigenvalue weighted by molar-refractivity contribution is 0.467. The van der Waals surface area contributed by atoms with Gasteiger partial charge in [-0.05, 0) is 24.6 Å². The average Bonchev–Trinajstić information content (AvgIpc) is 2.26. The van der Waals surface area contributed by atoms with Crippen molar-refractivity contribution in [3.8, 4) is 0 Å². The van der Waals surface area contributed by atoms with E-state index in [2.05, 4.69) is 19.2 Å². The van der Waals surface area contributed by atoms with Gasteiger partial charge in [-0.1, -0.05) is 18.7 Å². The van der Waals surface area contributed by atoms with Crippen molar-refractivity contribution in [2.24, 2.45) is 0 Å². The highest BCUT2D eigenvalue weighted by atomic mass is 32.1. The quantitative estimate of drug-likeness (QED) is 0.526. The molecule has 0 aromatic carbocycles. The molecule has 58 valence electrons. The molecule has 0 saturated carbocycles. The maximum Gasteiger partial charge on any atom is 0.158 e. The summed E-state index contributed by atoms with van der Waals surface area (Å²) in [6, 6.07) is 1.88. The molecule has 0 atom stereocenters. The van der Waals surface area contributed by atoms with E-state index in [1.165, 1.54) is 0 Å². The Bertz CT molecular complexity index is 284. The lowest BCUT2D eigenvalue weighted by Gasteiger charge is -1.85. The molecule has 0 aliphatic carbocycles. The summed E-state index contributed by atoms with van der Waals surface area (Å²) in [4.78, 5) is 0. The van der Waals surface area contributed by atoms with Crippen molar-refractivity contribution < 1.29 is 4.42 Å². The van der Waals surface area contributed by atoms with Gasteiger partial charge in [0.2, 0.25) is 0 Å². The predicted octanol–water partition coefficient (Wildman–Crippen LogP) is 3.08. The van der Waals surface area contributed by atoms with Crippen LogP contribution in [0.1, 0.15) is 11.3 Å². The molecular weight excluding hydrogens is 156 g/mol. The van der Waals surface area contributed by atoms with Crippen molar-refractivity contribution >= 4 is 18.7 Å². The number of allylic oxidation sites excluding steroid dienone is 2. The molecule has 0 saturated heterocycles. The summed E-state index contributed by atoms with van der Waals surface area (Å²) in [5.41, 5.74) is 1.09. The molecule has 0 bridgehead atoms. The molecule has 0 aliphatic heterocycles. The van der Waals surface area contributed by atoms with Crippen LogP contribution in [-0.4, -0.2) is 0 Å². The van der Waals surface area contributed by atoms with Crippen LogP contribution in [0.15, 0.2) is 34.3 Å². The number of hydrogen-bond acceptors (Lipinski definition) is 2. The summed E-state index contributed by atoms with van der Waals surface area (Å²) in [6.07, 6.45) is 5.40. The lowest BCUT2D eigenvalue weighted by Crippen LogP contribution is -1.66. The third kappa shape index (κ3) is 2.02. The van der Waals surface area contributed by atoms with E-state index in [-0.39, 0.29) is 0 Å². The Morgan fingerprint density at radius 3 is 2.82 bits per heavy atom. The van der Waals surface area contributed by atoms with Crippen molar-refractivity contribution in [1.82, 2.24) is 0 Å². The first-order valence-electron chi connectivity index (χ1n) is 3.32. The largest absolute Gasteiger partial charge is 0.451 e. The standard InChI is InChI=1S/C9H10OS/c1-3-4-5-8-7(2)6-9(11)10-8/h3-6,11H,1H2,2H3/b5-4-. The highest BCUT2D eigenvalue weighted by Gasteiger charge is 1.99. The second kappa shape index (κ2) is 3.49. The molecule has 0 fully saturated rings. The first kappa shape index (κ1) is 8.21. The topological polar surface area (TPSA) is 13.1 Å². The molecular formula is C9H10OS. The fourth-order valence-electron chi connectivity index (χ4n) is 0.800. The highest BCUT2D eigenvalue weighted by Crippen LogP contribution is 2.18. The van der Waals surface area contributed by atoms with Gasteiger partial charge in [0.05, 0.1) is 0 Å². The van der Waals surface area contributed by atoms with Crippen LogP contribution in [0, 0.1) is 6.92 Å². The molecule has 2 heteroatoms. The van der Waals surface area contributed by atoms with Gasteiger partial charge >= 0.3 is 0 Å². The second-order valence-corrected chi connectivity index (χ2v) is 2.67. The van der Waals surface area contributed by atoms with Crippen LogP contribution in [0.25, 0.3) is 6.08 Å². The fraction of sp³-hybridized carbons (Fsp3) is 0.111. The summed E-state index contributed by atoms with van der Waals surface area (Å²) in [6.45, 7) is 5.54. The molecule has 1 aromatic rings. The van der Waals surface area contributed by atoms with E-state index in [1.54, 1.807) is 6.08 Å². The molecule has 0 N–H and O–H groups in total. The van der Waals surface area contributed by atoms with E-state index < -0.39 is 0 Å². The van der Waals surface area contributed by atoms with E-state index >= 15 is 0 Å². The SMILES string of the molecule is C=C/C=C\c1oc(S)cc1C. The molecule has 1 nitrogen and oxygen atoms in total. The predicted molar refractivity (Wildman–Crippen MR) is 49.9 cm³/mol. The van der Waals surface area contributed by atoms with Crippen LogP contribution in [-0.2, 0) is 0 Å². The normalized spacial score (nSPS) is 10.7. The zero-order valence-electron chi connectivity index (χ0n) is 6.37. The molecule has 0 spiro atoms. The highest BCUT2D eigenvalue weighted by molar-refractivity contribution is 7.80. The molecule has 0 aliphatic rings. The van der Waals surface area contributed by atoms with Crippen LogP contribution >= 0.6 is 12.6 Å². The van der Waals surface area contributed by atoms with Crippen LogP contribution in [0.5, 0.6) is 0 Å². The Hall–Kier alpha value is -0.890. The van der Waals surface area contributed by atoms with Crippen molar-refractivity contribution in [1.29, 1.82) is 0 Å². The number of thiol groups is 1. The minimum Gasteiger partial charge on any atom is -0.451 e. The third-order valence-electron chi connectivity index (χ3n) is 1.33. The van der Waals surface area contributed by atoms with Crippen LogP contribution in [0.3, 0.4) is 0 Å². The van der Waals surface area contributed by atoms with Crippen molar-refractivity contribution in [2.75, 3.05) is 0 Å². The van der Waals surface area contributed by atoms with Gasteiger partial charge in [0.15, 0.2) is 5.09 Å². The zero-order valence-corrected chi connectivity index (χ0v) is 7.27. The van der Waals surface area contributed by atoms with Gasteiger partial charge in [-0.2, -0.15) is 0 Å². The van der Waals surface area contributed by atoms with Crippen molar-refractivity contribution in [3.63, 3.8) is 0 Å². The second-order valence-electron chi connectivity index (χ2n) is 2.23. The summed E-state index contributed by atoms with van der Waals surface area (Å²) < 4.78 is 5.25. The van der Waals surface area contributed by atoms with E-state index in [0.29, 0.717) is 5.09 Å². The zero-order chi connectivity index (χ0) is 8.27. The van der Waals surface area contributed by atoms with Gasteiger partial charge < -0.3 is 4.42 Å². The molecule has 11 heavy (non-hydrogen) atoms. The van der Waals surface area contributed by atoms with Gasteiger partial charge in [0.1, 0.15) is 5.76 Å². The minimum atomic E-state index is 0.645. The molecule has 1 heterocycles. The molecule has 0 unspecified atom stereocenters. The summed E-state index contributed by atoms with van der Waals surface area (Å²) >= 11 is 4.07. The van der Waals surface area contributed by atoms with Gasteiger partial charge in [-0.3, -0.25) is 0 Å². The number of furan rings is 1. The first-order valence-corrected chi connectivity index (χ1v) is 3.77. The lowest BCUT2D eigenvalue weighted by atomic mass is 10.2. The van der Waals surface area contributed by atoms with Gasteiger partial charge in [0.25, 0.3) is 0 Å². The number of hydrogen-bond donors (Lipinski definition) is 1. The van der Waals surface area contributed by atoms with E-state index in [4.69, 9.17) is 4.42 Å². The van der Waals surface area contributed by atoms with Crippen molar-refractivity contribution in [3.05, 3.63) is 36.1 Å². The summed E-state index contributed by atoms with van der Waals surface area (Å²) in [5.74, 6) is 0.843. The Morgan fingerprint density at radius 2 is 2.36 bits per heavy atom. The van der Waals surface area contributed by atoms with Crippen LogP contribution in [0.4, 0.5) is 0 Å². The Labute approximate surface area is 71.8 Å². The minimum absolute atomic E-state index is 0.645. The monoisotopic (exact) mass is 166 g/mol. The fourth-order valence-corrected chi connectivity index (χ4v) is 1.09. The summed E-state index contributed by atoms with van der Waals surface area (Å²) in [5, 5.41) is 0.645. The number of aryl methyl sites for hydroxylation is 1. The van der Waals surface area contributed by atoms with E-state index in [0.717, 1.165) is 11.3 Å². The molecule has 1 rings (SSSR count). The Morgan fingerprint density at radius 1 is 1.64 bits per heavy atom.